The van der Waals surface area contributed by atoms with Gasteiger partial charge in [-0.25, -0.2) is 4.39 Å². The molecule has 1 aliphatic rings. The van der Waals surface area contributed by atoms with Crippen molar-refractivity contribution in [2.45, 2.75) is 6.92 Å². The molecule has 2 aromatic carbocycles. The van der Waals surface area contributed by atoms with Crippen molar-refractivity contribution in [1.82, 2.24) is 4.90 Å². The van der Waals surface area contributed by atoms with E-state index in [2.05, 4.69) is 34.1 Å². The fourth-order valence-electron chi connectivity index (χ4n) is 3.23. The zero-order valence-electron chi connectivity index (χ0n) is 15.8. The standard InChI is InChI=1S/C23H21FN4/c1-18-2-5-20(6-3-18)23(11-4-19(16-25)17-26)28-14-12-27(13-15-28)22-9-7-21(24)8-10-22/h2-11H,12-15H2,1H3. The maximum Gasteiger partial charge on any atom is 0.129 e. The van der Waals surface area contributed by atoms with Crippen molar-refractivity contribution in [3.8, 4) is 12.1 Å². The summed E-state index contributed by atoms with van der Waals surface area (Å²) in [6.07, 6.45) is 3.42. The molecule has 28 heavy (non-hydrogen) atoms. The lowest BCUT2D eigenvalue weighted by Crippen LogP contribution is -2.45. The van der Waals surface area contributed by atoms with Crippen LogP contribution in [0.15, 0.2) is 66.3 Å². The van der Waals surface area contributed by atoms with Gasteiger partial charge in [-0.2, -0.15) is 10.5 Å². The van der Waals surface area contributed by atoms with Crippen LogP contribution in [0.5, 0.6) is 0 Å². The molecular formula is C23H21FN4. The quantitative estimate of drug-likeness (QED) is 0.594. The van der Waals surface area contributed by atoms with Gasteiger partial charge in [-0.1, -0.05) is 29.8 Å². The second kappa shape index (κ2) is 8.88. The molecule has 140 valence electrons. The minimum atomic E-state index is -0.232. The Bertz CT molecular complexity index is 936. The van der Waals surface area contributed by atoms with E-state index in [4.69, 9.17) is 10.5 Å². The third kappa shape index (κ3) is 4.58. The third-order valence-electron chi connectivity index (χ3n) is 4.81. The van der Waals surface area contributed by atoms with Crippen molar-refractivity contribution in [3.63, 3.8) is 0 Å². The number of rotatable bonds is 4. The lowest BCUT2D eigenvalue weighted by molar-refractivity contribution is 0.367. The summed E-state index contributed by atoms with van der Waals surface area (Å²) in [4.78, 5) is 4.49. The molecule has 1 aliphatic heterocycles. The highest BCUT2D eigenvalue weighted by Crippen LogP contribution is 2.24. The van der Waals surface area contributed by atoms with Crippen molar-refractivity contribution < 1.29 is 4.39 Å². The van der Waals surface area contributed by atoms with Gasteiger partial charge in [0.1, 0.15) is 23.5 Å². The topological polar surface area (TPSA) is 54.1 Å². The first-order valence-electron chi connectivity index (χ1n) is 9.15. The van der Waals surface area contributed by atoms with E-state index in [-0.39, 0.29) is 11.4 Å². The molecule has 3 rings (SSSR count). The minimum Gasteiger partial charge on any atom is -0.368 e. The van der Waals surface area contributed by atoms with Crippen molar-refractivity contribution in [2.75, 3.05) is 31.1 Å². The van der Waals surface area contributed by atoms with Crippen molar-refractivity contribution in [3.05, 3.63) is 83.2 Å². The Morgan fingerprint density at radius 1 is 0.893 bits per heavy atom. The van der Waals surface area contributed by atoms with Crippen LogP contribution < -0.4 is 4.90 Å². The highest BCUT2D eigenvalue weighted by molar-refractivity contribution is 5.67. The molecule has 0 aliphatic carbocycles. The van der Waals surface area contributed by atoms with Crippen LogP contribution in [0.4, 0.5) is 10.1 Å². The van der Waals surface area contributed by atoms with Gasteiger partial charge in [0, 0.05) is 37.6 Å². The monoisotopic (exact) mass is 372 g/mol. The highest BCUT2D eigenvalue weighted by Gasteiger charge is 2.20. The Morgan fingerprint density at radius 3 is 2.07 bits per heavy atom. The van der Waals surface area contributed by atoms with Crippen LogP contribution in [0.1, 0.15) is 11.1 Å². The molecule has 0 spiro atoms. The lowest BCUT2D eigenvalue weighted by Gasteiger charge is -2.38. The summed E-state index contributed by atoms with van der Waals surface area (Å²) in [6, 6.07) is 18.6. The Labute approximate surface area is 165 Å². The molecule has 0 N–H and O–H groups in total. The lowest BCUT2D eigenvalue weighted by atomic mass is 10.1. The summed E-state index contributed by atoms with van der Waals surface area (Å²) in [6.45, 7) is 5.24. The number of nitrogens with zero attached hydrogens (tertiary/aromatic N) is 4. The van der Waals surface area contributed by atoms with Gasteiger partial charge in [0.15, 0.2) is 0 Å². The van der Waals surface area contributed by atoms with Crippen molar-refractivity contribution in [1.29, 1.82) is 10.5 Å². The molecule has 4 nitrogen and oxygen atoms in total. The number of hydrogen-bond donors (Lipinski definition) is 0. The van der Waals surface area contributed by atoms with E-state index in [1.54, 1.807) is 18.2 Å². The fraction of sp³-hybridized carbons (Fsp3) is 0.217. The zero-order valence-corrected chi connectivity index (χ0v) is 15.8. The molecular weight excluding hydrogens is 351 g/mol. The fourth-order valence-corrected chi connectivity index (χ4v) is 3.23. The number of benzene rings is 2. The first kappa shape index (κ1) is 19.2. The van der Waals surface area contributed by atoms with Gasteiger partial charge in [0.25, 0.3) is 0 Å². The number of nitriles is 2. The van der Waals surface area contributed by atoms with Crippen LogP contribution in [0.3, 0.4) is 0 Å². The van der Waals surface area contributed by atoms with Gasteiger partial charge >= 0.3 is 0 Å². The van der Waals surface area contributed by atoms with Crippen LogP contribution in [-0.4, -0.2) is 31.1 Å². The van der Waals surface area contributed by atoms with Gasteiger partial charge in [0.05, 0.1) is 0 Å². The van der Waals surface area contributed by atoms with Gasteiger partial charge in [0.2, 0.25) is 0 Å². The Balaban J connectivity index is 1.82. The van der Waals surface area contributed by atoms with Crippen LogP contribution in [0.2, 0.25) is 0 Å². The van der Waals surface area contributed by atoms with E-state index in [1.807, 2.05) is 25.1 Å². The van der Waals surface area contributed by atoms with Gasteiger partial charge in [-0.3, -0.25) is 0 Å². The van der Waals surface area contributed by atoms with Crippen LogP contribution >= 0.6 is 0 Å². The second-order valence-electron chi connectivity index (χ2n) is 6.67. The van der Waals surface area contributed by atoms with Gasteiger partial charge in [-0.15, -0.1) is 0 Å². The molecule has 5 heteroatoms. The average molecular weight is 372 g/mol. The largest absolute Gasteiger partial charge is 0.368 e. The van der Waals surface area contributed by atoms with Gasteiger partial charge in [-0.05, 0) is 48.9 Å². The summed E-state index contributed by atoms with van der Waals surface area (Å²) in [5.41, 5.74) is 4.30. The smallest absolute Gasteiger partial charge is 0.129 e. The second-order valence-corrected chi connectivity index (χ2v) is 6.67. The summed E-state index contributed by atoms with van der Waals surface area (Å²) in [7, 11) is 0. The van der Waals surface area contributed by atoms with Crippen LogP contribution in [0.25, 0.3) is 5.70 Å². The molecule has 1 saturated heterocycles. The van der Waals surface area contributed by atoms with Gasteiger partial charge < -0.3 is 9.80 Å². The number of allylic oxidation sites excluding steroid dienone is 3. The summed E-state index contributed by atoms with van der Waals surface area (Å²) in [5, 5.41) is 18.0. The average Bonchev–Trinajstić information content (AvgIpc) is 2.73. The molecule has 0 unspecified atom stereocenters. The molecule has 0 atom stereocenters. The zero-order chi connectivity index (χ0) is 19.9. The highest BCUT2D eigenvalue weighted by atomic mass is 19.1. The molecule has 0 amide bonds. The predicted octanol–water partition coefficient (Wildman–Crippen LogP) is 4.27. The third-order valence-corrected chi connectivity index (χ3v) is 4.81. The first-order valence-corrected chi connectivity index (χ1v) is 9.15. The maximum absolute atomic E-state index is 13.2. The first-order chi connectivity index (χ1) is 13.6. The van der Waals surface area contributed by atoms with E-state index in [1.165, 1.54) is 17.7 Å². The number of piperazine rings is 1. The normalized spacial score (nSPS) is 14.2. The summed E-state index contributed by atoms with van der Waals surface area (Å²) < 4.78 is 13.2. The van der Waals surface area contributed by atoms with E-state index >= 15 is 0 Å². The summed E-state index contributed by atoms with van der Waals surface area (Å²) in [5.74, 6) is -0.232. The molecule has 0 saturated carbocycles. The number of anilines is 1. The van der Waals surface area contributed by atoms with Crippen LogP contribution in [0, 0.1) is 35.4 Å². The van der Waals surface area contributed by atoms with E-state index in [0.717, 1.165) is 43.1 Å². The predicted molar refractivity (Wildman–Crippen MR) is 109 cm³/mol. The molecule has 1 fully saturated rings. The van der Waals surface area contributed by atoms with Crippen LogP contribution in [-0.2, 0) is 0 Å². The number of aryl methyl sites for hydroxylation is 1. The van der Waals surface area contributed by atoms with E-state index < -0.39 is 0 Å². The molecule has 2 aromatic rings. The minimum absolute atomic E-state index is 0.0783. The molecule has 0 bridgehead atoms. The summed E-state index contributed by atoms with van der Waals surface area (Å²) >= 11 is 0. The molecule has 0 aromatic heterocycles. The number of hydrogen-bond acceptors (Lipinski definition) is 4. The number of halogens is 1. The Kier molecular flexibility index (Phi) is 6.09. The molecule has 0 radical (unpaired) electrons. The van der Waals surface area contributed by atoms with Crippen molar-refractivity contribution in [2.24, 2.45) is 0 Å². The van der Waals surface area contributed by atoms with Crippen molar-refractivity contribution >= 4 is 11.4 Å². The van der Waals surface area contributed by atoms with E-state index in [9.17, 15) is 4.39 Å². The molecule has 1 heterocycles. The SMILES string of the molecule is Cc1ccc(C(=CC=C(C#N)C#N)N2CCN(c3ccc(F)cc3)CC2)cc1. The maximum atomic E-state index is 13.2. The Hall–Kier alpha value is -3.57. The Morgan fingerprint density at radius 2 is 1.50 bits per heavy atom. The van der Waals surface area contributed by atoms with E-state index in [0.29, 0.717) is 0 Å².